The van der Waals surface area contributed by atoms with E-state index in [0.717, 1.165) is 0 Å². The van der Waals surface area contributed by atoms with Gasteiger partial charge in [-0.25, -0.2) is 13.1 Å². The first kappa shape index (κ1) is 17.3. The summed E-state index contributed by atoms with van der Waals surface area (Å²) in [5.41, 5.74) is 0. The lowest BCUT2D eigenvalue weighted by Gasteiger charge is -2.12. The smallest absolute Gasteiger partial charge is 0.242 e. The van der Waals surface area contributed by atoms with Crippen molar-refractivity contribution in [1.29, 1.82) is 0 Å². The molecule has 118 valence electrons. The molecule has 21 heavy (non-hydrogen) atoms. The topological polar surface area (TPSA) is 105 Å². The molecule has 0 saturated carbocycles. The minimum absolute atomic E-state index is 0.146. The van der Waals surface area contributed by atoms with E-state index in [9.17, 15) is 8.42 Å². The van der Waals surface area contributed by atoms with Gasteiger partial charge in [0.05, 0.1) is 6.61 Å². The number of ether oxygens (including phenoxy) is 1. The van der Waals surface area contributed by atoms with Gasteiger partial charge in [-0.3, -0.25) is 9.98 Å². The summed E-state index contributed by atoms with van der Waals surface area (Å²) in [6, 6.07) is 3.07. The summed E-state index contributed by atoms with van der Waals surface area (Å²) < 4.78 is 31.2. The molecule has 0 atom stereocenters. The Balaban J connectivity index is 2.33. The van der Waals surface area contributed by atoms with E-state index in [-0.39, 0.29) is 11.4 Å². The molecule has 0 saturated heterocycles. The molecule has 0 aliphatic carbocycles. The van der Waals surface area contributed by atoms with Gasteiger partial charge in [-0.2, -0.15) is 0 Å². The summed E-state index contributed by atoms with van der Waals surface area (Å²) in [6.07, 6.45) is 2.83. The Morgan fingerprint density at radius 2 is 2.10 bits per heavy atom. The number of nitrogens with zero attached hydrogens (tertiary/aromatic N) is 2. The molecule has 0 radical (unpaired) electrons. The molecule has 0 aromatic carbocycles. The number of aromatic nitrogens is 1. The number of hydrogen-bond acceptors (Lipinski definition) is 5. The fraction of sp³-hybridized carbons (Fsp3) is 0.500. The molecule has 9 heteroatoms. The van der Waals surface area contributed by atoms with Gasteiger partial charge in [0.15, 0.2) is 5.96 Å². The highest BCUT2D eigenvalue weighted by atomic mass is 32.2. The van der Waals surface area contributed by atoms with Gasteiger partial charge < -0.3 is 15.4 Å². The average molecular weight is 315 g/mol. The Morgan fingerprint density at radius 3 is 2.71 bits per heavy atom. The van der Waals surface area contributed by atoms with Crippen LogP contribution in [0.1, 0.15) is 0 Å². The molecule has 1 aromatic heterocycles. The van der Waals surface area contributed by atoms with Crippen LogP contribution in [0.3, 0.4) is 0 Å². The molecule has 8 nitrogen and oxygen atoms in total. The predicted octanol–water partition coefficient (Wildman–Crippen LogP) is -0.829. The molecule has 1 rings (SSSR count). The minimum atomic E-state index is -3.52. The number of rotatable bonds is 8. The Bertz CT molecular complexity index is 533. The van der Waals surface area contributed by atoms with Crippen LogP contribution in [0.25, 0.3) is 0 Å². The summed E-state index contributed by atoms with van der Waals surface area (Å²) in [6.45, 7) is 1.83. The van der Waals surface area contributed by atoms with Crippen molar-refractivity contribution in [2.45, 2.75) is 4.90 Å². The van der Waals surface area contributed by atoms with Crippen LogP contribution >= 0.6 is 0 Å². The third-order valence-corrected chi connectivity index (χ3v) is 3.92. The molecule has 1 aromatic rings. The zero-order valence-electron chi connectivity index (χ0n) is 12.2. The number of nitrogens with one attached hydrogen (secondary N) is 3. The third kappa shape index (κ3) is 6.52. The minimum Gasteiger partial charge on any atom is -0.383 e. The van der Waals surface area contributed by atoms with Crippen molar-refractivity contribution in [2.24, 2.45) is 4.99 Å². The van der Waals surface area contributed by atoms with Crippen LogP contribution in [0.2, 0.25) is 0 Å². The summed E-state index contributed by atoms with van der Waals surface area (Å²) in [7, 11) is -0.262. The molecule has 0 bridgehead atoms. The van der Waals surface area contributed by atoms with E-state index in [4.69, 9.17) is 4.74 Å². The molecule has 3 N–H and O–H groups in total. The van der Waals surface area contributed by atoms with Crippen molar-refractivity contribution in [3.05, 3.63) is 24.5 Å². The Morgan fingerprint density at radius 1 is 1.33 bits per heavy atom. The fourth-order valence-electron chi connectivity index (χ4n) is 1.45. The van der Waals surface area contributed by atoms with Crippen molar-refractivity contribution >= 4 is 16.0 Å². The Kier molecular flexibility index (Phi) is 7.65. The number of pyridine rings is 1. The summed E-state index contributed by atoms with van der Waals surface area (Å²) in [4.78, 5) is 7.94. The lowest BCUT2D eigenvalue weighted by molar-refractivity contribution is 0.203. The van der Waals surface area contributed by atoms with Crippen LogP contribution in [0.15, 0.2) is 34.4 Å². The third-order valence-electron chi connectivity index (χ3n) is 2.48. The molecule has 0 fully saturated rings. The highest BCUT2D eigenvalue weighted by Crippen LogP contribution is 2.04. The lowest BCUT2D eigenvalue weighted by Crippen LogP contribution is -2.42. The zero-order chi connectivity index (χ0) is 15.6. The first-order valence-electron chi connectivity index (χ1n) is 6.43. The number of guanidine groups is 1. The molecule has 0 unspecified atom stereocenters. The average Bonchev–Trinajstić information content (AvgIpc) is 2.50. The monoisotopic (exact) mass is 315 g/mol. The molecule has 0 amide bonds. The van der Waals surface area contributed by atoms with Gasteiger partial charge in [-0.1, -0.05) is 0 Å². The Labute approximate surface area is 125 Å². The first-order chi connectivity index (χ1) is 10.1. The maximum atomic E-state index is 11.9. The van der Waals surface area contributed by atoms with Crippen molar-refractivity contribution < 1.29 is 13.2 Å². The number of hydrogen-bond donors (Lipinski definition) is 3. The molecular weight excluding hydrogens is 294 g/mol. The van der Waals surface area contributed by atoms with E-state index >= 15 is 0 Å². The zero-order valence-corrected chi connectivity index (χ0v) is 13.0. The van der Waals surface area contributed by atoms with E-state index in [0.29, 0.717) is 25.7 Å². The number of sulfonamides is 1. The van der Waals surface area contributed by atoms with Crippen LogP contribution in [-0.2, 0) is 14.8 Å². The molecular formula is C12H21N5O3S. The number of aliphatic imine (C=N–C) groups is 1. The maximum absolute atomic E-state index is 11.9. The highest BCUT2D eigenvalue weighted by molar-refractivity contribution is 7.89. The van der Waals surface area contributed by atoms with Gasteiger partial charge in [0.25, 0.3) is 0 Å². The second-order valence-corrected chi connectivity index (χ2v) is 5.77. The Hall–Kier alpha value is -1.71. The normalized spacial score (nSPS) is 12.2. The quantitative estimate of drug-likeness (QED) is 0.329. The van der Waals surface area contributed by atoms with Crippen LogP contribution in [0.4, 0.5) is 0 Å². The summed E-state index contributed by atoms with van der Waals surface area (Å²) in [5.74, 6) is 0.590. The maximum Gasteiger partial charge on any atom is 0.242 e. The van der Waals surface area contributed by atoms with Gasteiger partial charge in [0.2, 0.25) is 10.0 Å². The summed E-state index contributed by atoms with van der Waals surface area (Å²) >= 11 is 0. The van der Waals surface area contributed by atoms with E-state index < -0.39 is 10.0 Å². The van der Waals surface area contributed by atoms with Crippen molar-refractivity contribution in [3.8, 4) is 0 Å². The van der Waals surface area contributed by atoms with E-state index in [1.165, 1.54) is 18.5 Å². The van der Waals surface area contributed by atoms with Crippen molar-refractivity contribution in [1.82, 2.24) is 20.3 Å². The molecule has 1 heterocycles. The molecule has 0 aliphatic heterocycles. The van der Waals surface area contributed by atoms with E-state index in [1.54, 1.807) is 20.2 Å². The van der Waals surface area contributed by atoms with Crippen molar-refractivity contribution in [3.63, 3.8) is 0 Å². The van der Waals surface area contributed by atoms with Crippen LogP contribution in [-0.4, -0.2) is 59.8 Å². The van der Waals surface area contributed by atoms with Gasteiger partial charge >= 0.3 is 0 Å². The SMILES string of the molecule is CN=C(NCCNS(=O)(=O)c1cccnc1)NCCOC. The second-order valence-electron chi connectivity index (χ2n) is 4.01. The number of methoxy groups -OCH3 is 1. The fourth-order valence-corrected chi connectivity index (χ4v) is 2.44. The van der Waals surface area contributed by atoms with Crippen molar-refractivity contribution in [2.75, 3.05) is 40.4 Å². The predicted molar refractivity (Wildman–Crippen MR) is 80.7 cm³/mol. The highest BCUT2D eigenvalue weighted by Gasteiger charge is 2.12. The van der Waals surface area contributed by atoms with Gasteiger partial charge in [0.1, 0.15) is 4.90 Å². The standard InChI is InChI=1S/C12H21N5O3S/c1-13-12(16-8-9-20-2)15-6-7-17-21(18,19)11-4-3-5-14-10-11/h3-5,10,17H,6-9H2,1-2H3,(H2,13,15,16). The van der Waals surface area contributed by atoms with Crippen LogP contribution in [0, 0.1) is 0 Å². The molecule has 0 spiro atoms. The first-order valence-corrected chi connectivity index (χ1v) is 7.91. The van der Waals surface area contributed by atoms with Gasteiger partial charge in [-0.05, 0) is 12.1 Å². The van der Waals surface area contributed by atoms with Gasteiger partial charge in [0, 0.05) is 46.2 Å². The summed E-state index contributed by atoms with van der Waals surface area (Å²) in [5, 5.41) is 6.02. The molecule has 0 aliphatic rings. The van der Waals surface area contributed by atoms with E-state index in [1.807, 2.05) is 0 Å². The van der Waals surface area contributed by atoms with Gasteiger partial charge in [-0.15, -0.1) is 0 Å². The lowest BCUT2D eigenvalue weighted by atomic mass is 10.5. The largest absolute Gasteiger partial charge is 0.383 e. The van der Waals surface area contributed by atoms with Crippen LogP contribution in [0.5, 0.6) is 0 Å². The van der Waals surface area contributed by atoms with E-state index in [2.05, 4.69) is 25.3 Å². The van der Waals surface area contributed by atoms with Crippen LogP contribution < -0.4 is 15.4 Å². The second kappa shape index (κ2) is 9.27.